The Morgan fingerprint density at radius 1 is 1.22 bits per heavy atom. The smallest absolute Gasteiger partial charge is 0.311 e. The van der Waals surface area contributed by atoms with Crippen molar-refractivity contribution in [3.63, 3.8) is 0 Å². The van der Waals surface area contributed by atoms with Crippen molar-refractivity contribution in [2.45, 2.75) is 91.5 Å². The van der Waals surface area contributed by atoms with Crippen LogP contribution in [0, 0.1) is 29.1 Å². The zero-order valence-corrected chi connectivity index (χ0v) is 20.3. The van der Waals surface area contributed by atoms with Crippen molar-refractivity contribution in [1.82, 2.24) is 6.15 Å². The Morgan fingerprint density at radius 2 is 1.88 bits per heavy atom. The Bertz CT molecular complexity index is 701. The van der Waals surface area contributed by atoms with Crippen LogP contribution in [0.1, 0.15) is 73.1 Å². The van der Waals surface area contributed by atoms with Gasteiger partial charge in [0.05, 0.1) is 24.0 Å². The third-order valence-electron chi connectivity index (χ3n) is 7.08. The van der Waals surface area contributed by atoms with Crippen molar-refractivity contribution in [2.75, 3.05) is 0 Å². The van der Waals surface area contributed by atoms with E-state index in [1.54, 1.807) is 0 Å². The summed E-state index contributed by atoms with van der Waals surface area (Å²) in [4.78, 5) is 23.6. The van der Waals surface area contributed by atoms with Gasteiger partial charge in [0.25, 0.3) is 0 Å². The fourth-order valence-electron chi connectivity index (χ4n) is 4.76. The molecular formula is C25H43NO6. The lowest BCUT2D eigenvalue weighted by Crippen LogP contribution is -2.43. The molecule has 6 N–H and O–H groups in total. The predicted octanol–water partition coefficient (Wildman–Crippen LogP) is 4.27. The largest absolute Gasteiger partial charge is 0.481 e. The van der Waals surface area contributed by atoms with Gasteiger partial charge in [0.15, 0.2) is 0 Å². The Labute approximate surface area is 192 Å². The van der Waals surface area contributed by atoms with Crippen molar-refractivity contribution in [1.29, 1.82) is 0 Å². The zero-order chi connectivity index (χ0) is 23.3. The van der Waals surface area contributed by atoms with Crippen LogP contribution in [0.3, 0.4) is 0 Å². The number of carboxylic acid groups (broad SMARTS) is 1. The third kappa shape index (κ3) is 7.42. The minimum Gasteiger partial charge on any atom is -0.481 e. The van der Waals surface area contributed by atoms with E-state index in [-0.39, 0.29) is 48.8 Å². The molecular weight excluding hydrogens is 410 g/mol. The van der Waals surface area contributed by atoms with Crippen LogP contribution >= 0.6 is 0 Å². The van der Waals surface area contributed by atoms with Gasteiger partial charge in [0.1, 0.15) is 6.10 Å². The highest BCUT2D eigenvalue weighted by atomic mass is 16.5. The van der Waals surface area contributed by atoms with E-state index in [1.165, 1.54) is 5.57 Å². The lowest BCUT2D eigenvalue weighted by Gasteiger charge is -2.44. The number of aliphatic hydroxyl groups excluding tert-OH is 2. The quantitative estimate of drug-likeness (QED) is 0.362. The summed E-state index contributed by atoms with van der Waals surface area (Å²) >= 11 is 0. The molecule has 0 saturated heterocycles. The number of fused-ring (bicyclic) bond motifs is 1. The summed E-state index contributed by atoms with van der Waals surface area (Å²) in [7, 11) is 0. The van der Waals surface area contributed by atoms with Gasteiger partial charge in [-0.05, 0) is 69.3 Å². The summed E-state index contributed by atoms with van der Waals surface area (Å²) in [5.74, 6) is -0.347. The topological polar surface area (TPSA) is 139 Å². The van der Waals surface area contributed by atoms with Crippen molar-refractivity contribution in [3.05, 3.63) is 23.8 Å². The number of hydrogen-bond acceptors (Lipinski definition) is 6. The van der Waals surface area contributed by atoms with Crippen LogP contribution in [0.5, 0.6) is 0 Å². The Hall–Kier alpha value is -1.70. The minimum atomic E-state index is -1.07. The summed E-state index contributed by atoms with van der Waals surface area (Å²) < 4.78 is 6.10. The average Bonchev–Trinajstić information content (AvgIpc) is 2.66. The van der Waals surface area contributed by atoms with Gasteiger partial charge in [0.2, 0.25) is 0 Å². The molecule has 0 aromatic carbocycles. The number of aliphatic hydroxyl groups is 2. The highest BCUT2D eigenvalue weighted by molar-refractivity contribution is 5.76. The minimum absolute atomic E-state index is 0. The number of hydrogen-bond donors (Lipinski definition) is 4. The lowest BCUT2D eigenvalue weighted by molar-refractivity contribution is -0.164. The monoisotopic (exact) mass is 453 g/mol. The molecule has 0 heterocycles. The van der Waals surface area contributed by atoms with E-state index in [9.17, 15) is 19.8 Å². The number of allylic oxidation sites excluding steroid dienone is 3. The molecule has 0 unspecified atom stereocenters. The second-order valence-electron chi connectivity index (χ2n) is 10.2. The summed E-state index contributed by atoms with van der Waals surface area (Å²) in [5.41, 5.74) is 0.682. The number of carbonyl (C=O) groups excluding carboxylic acids is 1. The van der Waals surface area contributed by atoms with Crippen LogP contribution in [0.25, 0.3) is 0 Å². The number of ether oxygens (including phenoxy) is 1. The van der Waals surface area contributed by atoms with E-state index in [1.807, 2.05) is 20.8 Å². The summed E-state index contributed by atoms with van der Waals surface area (Å²) in [6.45, 7) is 10.1. The van der Waals surface area contributed by atoms with Gasteiger partial charge in [-0.3, -0.25) is 9.59 Å². The standard InChI is InChI=1S/C25H40O6.H3N/c1-6-25(4,5)24(30)31-21-12-15(2)11-17-8-7-16(3)20(23(17)21)10-9-18(26)13-19(27)14-22(28)29;/h7-8,11,15-16,18-21,23,26-27H,6,9-10,12-14H2,1-5H3,(H,28,29);1H3/t15-,16-,18-,19+,20-,21-,23-;/m0./s1. The lowest BCUT2D eigenvalue weighted by atomic mass is 9.65. The van der Waals surface area contributed by atoms with Crippen LogP contribution in [-0.4, -0.2) is 45.6 Å². The molecule has 0 spiro atoms. The van der Waals surface area contributed by atoms with E-state index in [4.69, 9.17) is 9.84 Å². The molecule has 7 atom stereocenters. The Balaban J connectivity index is 0.00000512. The molecule has 0 saturated carbocycles. The highest BCUT2D eigenvalue weighted by Crippen LogP contribution is 2.45. The van der Waals surface area contributed by atoms with Crippen LogP contribution in [-0.2, 0) is 14.3 Å². The zero-order valence-electron chi connectivity index (χ0n) is 20.3. The maximum Gasteiger partial charge on any atom is 0.311 e. The van der Waals surface area contributed by atoms with Crippen LogP contribution < -0.4 is 6.15 Å². The van der Waals surface area contributed by atoms with Crippen molar-refractivity contribution in [2.24, 2.45) is 29.1 Å². The molecule has 7 heteroatoms. The molecule has 0 aromatic heterocycles. The molecule has 2 aliphatic rings. The number of aliphatic carboxylic acids is 1. The molecule has 0 radical (unpaired) electrons. The summed E-state index contributed by atoms with van der Waals surface area (Å²) in [6.07, 6.45) is 6.98. The molecule has 2 rings (SSSR count). The molecule has 0 bridgehead atoms. The normalized spacial score (nSPS) is 29.2. The Morgan fingerprint density at radius 3 is 2.47 bits per heavy atom. The third-order valence-corrected chi connectivity index (χ3v) is 7.08. The van der Waals surface area contributed by atoms with E-state index in [0.29, 0.717) is 25.2 Å². The summed E-state index contributed by atoms with van der Waals surface area (Å²) in [5, 5.41) is 29.0. The van der Waals surface area contributed by atoms with Crippen LogP contribution in [0.15, 0.2) is 23.8 Å². The maximum atomic E-state index is 12.8. The van der Waals surface area contributed by atoms with E-state index < -0.39 is 23.6 Å². The predicted molar refractivity (Wildman–Crippen MR) is 124 cm³/mol. The van der Waals surface area contributed by atoms with Crippen molar-refractivity contribution < 1.29 is 29.6 Å². The molecule has 0 fully saturated rings. The first kappa shape index (κ1) is 28.3. The number of carboxylic acids is 1. The highest BCUT2D eigenvalue weighted by Gasteiger charge is 2.42. The van der Waals surface area contributed by atoms with E-state index in [0.717, 1.165) is 6.42 Å². The average molecular weight is 454 g/mol. The van der Waals surface area contributed by atoms with Gasteiger partial charge in [-0.2, -0.15) is 0 Å². The molecule has 32 heavy (non-hydrogen) atoms. The maximum absolute atomic E-state index is 12.8. The molecule has 2 aliphatic carbocycles. The van der Waals surface area contributed by atoms with Gasteiger partial charge in [-0.25, -0.2) is 0 Å². The second-order valence-corrected chi connectivity index (χ2v) is 10.2. The number of rotatable bonds is 10. The number of carbonyl (C=O) groups is 2. The molecule has 0 amide bonds. The first-order valence-corrected chi connectivity index (χ1v) is 11.6. The van der Waals surface area contributed by atoms with Crippen molar-refractivity contribution >= 4 is 11.9 Å². The number of esters is 1. The van der Waals surface area contributed by atoms with Gasteiger partial charge in [-0.15, -0.1) is 0 Å². The second kappa shape index (κ2) is 12.0. The fourth-order valence-corrected chi connectivity index (χ4v) is 4.76. The first-order chi connectivity index (χ1) is 14.4. The van der Waals surface area contributed by atoms with Gasteiger partial charge < -0.3 is 26.2 Å². The van der Waals surface area contributed by atoms with Crippen LogP contribution in [0.4, 0.5) is 0 Å². The van der Waals surface area contributed by atoms with Crippen LogP contribution in [0.2, 0.25) is 0 Å². The van der Waals surface area contributed by atoms with E-state index >= 15 is 0 Å². The molecule has 0 aliphatic heterocycles. The van der Waals surface area contributed by atoms with Gasteiger partial charge in [0, 0.05) is 5.92 Å². The molecule has 0 aromatic rings. The summed E-state index contributed by atoms with van der Waals surface area (Å²) in [6, 6.07) is 0. The van der Waals surface area contributed by atoms with Crippen molar-refractivity contribution in [3.8, 4) is 0 Å². The van der Waals surface area contributed by atoms with E-state index in [2.05, 4.69) is 32.1 Å². The fraction of sp³-hybridized carbons (Fsp3) is 0.760. The first-order valence-electron chi connectivity index (χ1n) is 11.6. The Kier molecular flexibility index (Phi) is 10.6. The van der Waals surface area contributed by atoms with Gasteiger partial charge in [-0.1, -0.05) is 39.0 Å². The SMILES string of the molecule is CCC(C)(C)C(=O)O[C@H]1C[C@@H](C)C=C2C=C[C@H](C)[C@H](CC[C@H](O)C[C@@H](O)CC(=O)O)[C@H]21.N. The van der Waals surface area contributed by atoms with Gasteiger partial charge >= 0.3 is 11.9 Å². The molecule has 184 valence electrons. The molecule has 7 nitrogen and oxygen atoms in total.